The number of carbonyl (C=O) groups excluding carboxylic acids is 2. The van der Waals surface area contributed by atoms with Gasteiger partial charge >= 0.3 is 6.09 Å². The quantitative estimate of drug-likeness (QED) is 0.427. The topological polar surface area (TPSA) is 87.7 Å². The van der Waals surface area contributed by atoms with E-state index in [2.05, 4.69) is 29.7 Å². The summed E-state index contributed by atoms with van der Waals surface area (Å²) in [5.41, 5.74) is 2.77. The first-order valence-corrected chi connectivity index (χ1v) is 16.3. The van der Waals surface area contributed by atoms with Crippen molar-refractivity contribution in [2.24, 2.45) is 0 Å². The molecule has 3 aliphatic rings. The molecule has 0 saturated carbocycles. The minimum Gasteiger partial charge on any atom is -0.444 e. The zero-order valence-corrected chi connectivity index (χ0v) is 28.4. The van der Waals surface area contributed by atoms with Gasteiger partial charge in [0.15, 0.2) is 0 Å². The van der Waals surface area contributed by atoms with Crippen molar-refractivity contribution in [2.75, 3.05) is 71.1 Å². The SMILES string of the molecule is COC[C@@H]1COCCN1C[C@H]1CN(C(=O)OC(C)(C)C)[C@H](C)CN1CC(=O)N1CC(C)(C)c2ncc(Cc3ccc(F)cc3)cc21. The predicted octanol–water partition coefficient (Wildman–Crippen LogP) is 4.09. The van der Waals surface area contributed by atoms with Gasteiger partial charge in [-0.25, -0.2) is 9.18 Å². The molecule has 46 heavy (non-hydrogen) atoms. The summed E-state index contributed by atoms with van der Waals surface area (Å²) in [5, 5.41) is 0. The molecule has 0 N–H and O–H groups in total. The number of halogens is 1. The molecule has 2 fully saturated rings. The Labute approximate surface area is 272 Å². The van der Waals surface area contributed by atoms with Crippen molar-refractivity contribution in [3.63, 3.8) is 0 Å². The Morgan fingerprint density at radius 3 is 2.52 bits per heavy atom. The summed E-state index contributed by atoms with van der Waals surface area (Å²) in [5.74, 6) is -0.261. The Kier molecular flexibility index (Phi) is 10.4. The number of ether oxygens (including phenoxy) is 3. The molecule has 0 aliphatic carbocycles. The molecule has 0 unspecified atom stereocenters. The van der Waals surface area contributed by atoms with Crippen LogP contribution in [0.25, 0.3) is 0 Å². The zero-order chi connectivity index (χ0) is 33.2. The molecule has 1 aromatic carbocycles. The van der Waals surface area contributed by atoms with Crippen LogP contribution < -0.4 is 4.90 Å². The van der Waals surface area contributed by atoms with Gasteiger partial charge in [0.1, 0.15) is 11.4 Å². The lowest BCUT2D eigenvalue weighted by Crippen LogP contribution is -2.64. The number of pyridine rings is 1. The molecule has 2 amide bonds. The van der Waals surface area contributed by atoms with Gasteiger partial charge in [-0.1, -0.05) is 26.0 Å². The van der Waals surface area contributed by atoms with E-state index in [1.54, 1.807) is 19.2 Å². The Bertz CT molecular complexity index is 1380. The maximum absolute atomic E-state index is 14.2. The predicted molar refractivity (Wildman–Crippen MR) is 175 cm³/mol. The number of aromatic nitrogens is 1. The fourth-order valence-corrected chi connectivity index (χ4v) is 6.79. The van der Waals surface area contributed by atoms with Crippen molar-refractivity contribution in [2.45, 2.75) is 77.1 Å². The second-order valence-corrected chi connectivity index (χ2v) is 14.6. The Hall–Kier alpha value is -3.12. The van der Waals surface area contributed by atoms with E-state index in [0.717, 1.165) is 29.1 Å². The highest BCUT2D eigenvalue weighted by molar-refractivity contribution is 5.97. The van der Waals surface area contributed by atoms with E-state index in [0.29, 0.717) is 52.4 Å². The molecule has 2 saturated heterocycles. The van der Waals surface area contributed by atoms with E-state index >= 15 is 0 Å². The highest BCUT2D eigenvalue weighted by atomic mass is 19.1. The Morgan fingerprint density at radius 1 is 1.09 bits per heavy atom. The van der Waals surface area contributed by atoms with Crippen molar-refractivity contribution in [1.29, 1.82) is 0 Å². The molecule has 252 valence electrons. The summed E-state index contributed by atoms with van der Waals surface area (Å²) in [6.45, 7) is 16.8. The standard InChI is InChI=1S/C35H50FN5O5/c1-24-17-39(28(19-40(24)33(43)46-34(2,3)4)18-38-12-13-45-22-29(38)21-44-7)20-31(42)41-23-35(5,6)32-30(41)15-26(16-37-32)14-25-8-10-27(36)11-9-25/h8-11,15-16,24,28-29H,12-14,17-23H2,1-7H3/t24-,28+,29-/m1/s1. The van der Waals surface area contributed by atoms with Crippen LogP contribution in [0.2, 0.25) is 0 Å². The van der Waals surface area contributed by atoms with E-state index in [4.69, 9.17) is 19.2 Å². The molecule has 3 aliphatic heterocycles. The van der Waals surface area contributed by atoms with Crippen molar-refractivity contribution >= 4 is 17.7 Å². The summed E-state index contributed by atoms with van der Waals surface area (Å²) in [4.78, 5) is 40.6. The van der Waals surface area contributed by atoms with Gasteiger partial charge in [-0.3, -0.25) is 19.6 Å². The highest BCUT2D eigenvalue weighted by Crippen LogP contribution is 2.40. The second-order valence-electron chi connectivity index (χ2n) is 14.6. The van der Waals surface area contributed by atoms with Crippen molar-refractivity contribution in [1.82, 2.24) is 19.7 Å². The minimum atomic E-state index is -0.604. The van der Waals surface area contributed by atoms with Crippen LogP contribution in [-0.4, -0.2) is 122 Å². The third kappa shape index (κ3) is 8.05. The Morgan fingerprint density at radius 2 is 1.83 bits per heavy atom. The van der Waals surface area contributed by atoms with Gasteiger partial charge in [-0.2, -0.15) is 0 Å². The zero-order valence-electron chi connectivity index (χ0n) is 28.4. The number of benzene rings is 1. The number of hydrogen-bond acceptors (Lipinski definition) is 8. The minimum absolute atomic E-state index is 0.00546. The lowest BCUT2D eigenvalue weighted by atomic mass is 9.91. The van der Waals surface area contributed by atoms with Crippen LogP contribution in [0.5, 0.6) is 0 Å². The average Bonchev–Trinajstić information content (AvgIpc) is 3.25. The number of methoxy groups -OCH3 is 1. The fourth-order valence-electron chi connectivity index (χ4n) is 6.79. The number of nitrogens with zero attached hydrogens (tertiary/aromatic N) is 5. The molecule has 1 aromatic heterocycles. The van der Waals surface area contributed by atoms with Crippen LogP contribution in [0.1, 0.15) is 58.4 Å². The van der Waals surface area contributed by atoms with E-state index in [-0.39, 0.29) is 47.9 Å². The molecule has 5 rings (SSSR count). The molecule has 3 atom stereocenters. The van der Waals surface area contributed by atoms with E-state index in [9.17, 15) is 14.0 Å². The van der Waals surface area contributed by atoms with Gasteiger partial charge in [0, 0.05) is 63.5 Å². The van der Waals surface area contributed by atoms with Crippen LogP contribution >= 0.6 is 0 Å². The largest absolute Gasteiger partial charge is 0.444 e. The van der Waals surface area contributed by atoms with E-state index < -0.39 is 5.60 Å². The number of rotatable bonds is 8. The fraction of sp³-hybridized carbons (Fsp3) is 0.629. The van der Waals surface area contributed by atoms with Crippen molar-refractivity contribution in [3.8, 4) is 0 Å². The number of morpholine rings is 1. The maximum Gasteiger partial charge on any atom is 0.410 e. The third-order valence-electron chi connectivity index (χ3n) is 9.11. The number of anilines is 1. The molecule has 0 bridgehead atoms. The molecule has 0 radical (unpaired) electrons. The van der Waals surface area contributed by atoms with Crippen LogP contribution in [0.3, 0.4) is 0 Å². The van der Waals surface area contributed by atoms with Gasteiger partial charge in [0.25, 0.3) is 0 Å². The first-order valence-electron chi connectivity index (χ1n) is 16.3. The monoisotopic (exact) mass is 639 g/mol. The van der Waals surface area contributed by atoms with Crippen LogP contribution in [0.4, 0.5) is 14.9 Å². The molecule has 0 spiro atoms. The number of hydrogen-bond donors (Lipinski definition) is 0. The summed E-state index contributed by atoms with van der Waals surface area (Å²) >= 11 is 0. The van der Waals surface area contributed by atoms with E-state index in [1.165, 1.54) is 12.1 Å². The van der Waals surface area contributed by atoms with Crippen molar-refractivity contribution < 1.29 is 28.2 Å². The van der Waals surface area contributed by atoms with Gasteiger partial charge in [-0.05, 0) is 63.4 Å². The summed E-state index contributed by atoms with van der Waals surface area (Å²) in [7, 11) is 1.69. The summed E-state index contributed by atoms with van der Waals surface area (Å²) in [6, 6.07) is 8.41. The van der Waals surface area contributed by atoms with Crippen LogP contribution in [0.15, 0.2) is 36.5 Å². The summed E-state index contributed by atoms with van der Waals surface area (Å²) in [6.07, 6.45) is 2.13. The van der Waals surface area contributed by atoms with Gasteiger partial charge in [0.2, 0.25) is 5.91 Å². The third-order valence-corrected chi connectivity index (χ3v) is 9.11. The van der Waals surface area contributed by atoms with Gasteiger partial charge in [0.05, 0.1) is 43.8 Å². The first-order chi connectivity index (χ1) is 21.7. The summed E-state index contributed by atoms with van der Waals surface area (Å²) < 4.78 is 30.5. The van der Waals surface area contributed by atoms with Gasteiger partial charge in [-0.15, -0.1) is 0 Å². The smallest absolute Gasteiger partial charge is 0.410 e. The normalized spacial score (nSPS) is 23.8. The molecule has 11 heteroatoms. The number of carbonyl (C=O) groups is 2. The second kappa shape index (κ2) is 13.9. The van der Waals surface area contributed by atoms with E-state index in [1.807, 2.05) is 43.7 Å². The molecule has 4 heterocycles. The molecule has 2 aromatic rings. The number of amides is 2. The average molecular weight is 640 g/mol. The number of piperazine rings is 1. The maximum atomic E-state index is 14.2. The molecule has 10 nitrogen and oxygen atoms in total. The molecular weight excluding hydrogens is 589 g/mol. The highest BCUT2D eigenvalue weighted by Gasteiger charge is 2.43. The molecular formula is C35H50FN5O5. The Balaban J connectivity index is 1.37. The van der Waals surface area contributed by atoms with Crippen LogP contribution in [-0.2, 0) is 30.8 Å². The van der Waals surface area contributed by atoms with Gasteiger partial charge < -0.3 is 24.0 Å². The lowest BCUT2D eigenvalue weighted by Gasteiger charge is -2.48. The lowest BCUT2D eigenvalue weighted by molar-refractivity contribution is -0.122. The first kappa shape index (κ1) is 34.2. The number of fused-ring (bicyclic) bond motifs is 1. The van der Waals surface area contributed by atoms with Crippen LogP contribution in [0, 0.1) is 5.82 Å². The van der Waals surface area contributed by atoms with Crippen molar-refractivity contribution in [3.05, 3.63) is 59.2 Å².